The minimum absolute atomic E-state index is 0.710. The number of hydrogen-bond acceptors (Lipinski definition) is 2. The molecule has 10 aromatic rings. The monoisotopic (exact) mass is 612 g/mol. The molecule has 0 spiro atoms. The van der Waals surface area contributed by atoms with Gasteiger partial charge in [-0.2, -0.15) is 0 Å². The van der Waals surface area contributed by atoms with Crippen molar-refractivity contribution < 1.29 is 0 Å². The van der Waals surface area contributed by atoms with Crippen LogP contribution in [-0.4, -0.2) is 19.1 Å². The van der Waals surface area contributed by atoms with Crippen molar-refractivity contribution in [2.24, 2.45) is 0 Å². The van der Waals surface area contributed by atoms with Crippen LogP contribution in [0.1, 0.15) is 0 Å². The molecule has 0 radical (unpaired) electrons. The Morgan fingerprint density at radius 3 is 2.04 bits per heavy atom. The predicted molar refractivity (Wildman–Crippen MR) is 199 cm³/mol. The quantitative estimate of drug-likeness (QED) is 0.198. The van der Waals surface area contributed by atoms with Crippen LogP contribution in [0, 0.1) is 0 Å². The van der Waals surface area contributed by atoms with Gasteiger partial charge in [0.05, 0.1) is 27.8 Å². The van der Waals surface area contributed by atoms with Crippen LogP contribution < -0.4 is 0 Å². The van der Waals surface area contributed by atoms with Gasteiger partial charge in [-0.05, 0) is 65.4 Å². The zero-order valence-corrected chi connectivity index (χ0v) is 26.0. The minimum atomic E-state index is 0.710. The summed E-state index contributed by atoms with van der Waals surface area (Å²) in [6.45, 7) is 0. The summed E-state index contributed by atoms with van der Waals surface area (Å²) in [5.41, 5.74) is 9.71. The molecule has 0 saturated heterocycles. The first-order chi connectivity index (χ1) is 23.8. The molecule has 0 fully saturated rings. The van der Waals surface area contributed by atoms with Crippen LogP contribution >= 0.6 is 0 Å². The molecule has 0 bridgehead atoms. The van der Waals surface area contributed by atoms with Crippen LogP contribution in [-0.2, 0) is 0 Å². The van der Waals surface area contributed by atoms with Crippen molar-refractivity contribution in [1.29, 1.82) is 0 Å². The minimum Gasteiger partial charge on any atom is -0.317 e. The third-order valence-electron chi connectivity index (χ3n) is 9.55. The Labute approximate surface area is 276 Å². The highest BCUT2D eigenvalue weighted by molar-refractivity contribution is 6.21. The van der Waals surface area contributed by atoms with Gasteiger partial charge in [-0.3, -0.25) is 0 Å². The van der Waals surface area contributed by atoms with Crippen molar-refractivity contribution in [3.05, 3.63) is 170 Å². The van der Waals surface area contributed by atoms with E-state index in [4.69, 9.17) is 9.97 Å². The molecule has 0 unspecified atom stereocenters. The van der Waals surface area contributed by atoms with E-state index in [2.05, 4.69) is 173 Å². The number of fused-ring (bicyclic) bond motifs is 7. The maximum Gasteiger partial charge on any atom is 0.160 e. The maximum absolute atomic E-state index is 5.29. The molecule has 10 rings (SSSR count). The van der Waals surface area contributed by atoms with Crippen LogP contribution in [0.4, 0.5) is 0 Å². The third-order valence-corrected chi connectivity index (χ3v) is 9.55. The van der Waals surface area contributed by atoms with Gasteiger partial charge < -0.3 is 9.13 Å². The predicted octanol–water partition coefficient (Wildman–Crippen LogP) is 11.2. The molecule has 3 aromatic heterocycles. The van der Waals surface area contributed by atoms with E-state index in [0.29, 0.717) is 5.82 Å². The van der Waals surface area contributed by atoms with Gasteiger partial charge in [0.25, 0.3) is 0 Å². The van der Waals surface area contributed by atoms with Gasteiger partial charge >= 0.3 is 0 Å². The first-order valence-electron chi connectivity index (χ1n) is 16.3. The normalized spacial score (nSPS) is 11.8. The van der Waals surface area contributed by atoms with Crippen LogP contribution in [0.2, 0.25) is 0 Å². The molecule has 0 atom stereocenters. The van der Waals surface area contributed by atoms with Crippen molar-refractivity contribution in [2.75, 3.05) is 0 Å². The second-order valence-electron chi connectivity index (χ2n) is 12.3. The topological polar surface area (TPSA) is 35.6 Å². The van der Waals surface area contributed by atoms with E-state index in [-0.39, 0.29) is 0 Å². The Kier molecular flexibility index (Phi) is 5.84. The van der Waals surface area contributed by atoms with Crippen LogP contribution in [0.5, 0.6) is 0 Å². The molecule has 4 nitrogen and oxygen atoms in total. The van der Waals surface area contributed by atoms with Crippen molar-refractivity contribution in [1.82, 2.24) is 19.1 Å². The van der Waals surface area contributed by atoms with E-state index in [1.165, 1.54) is 43.5 Å². The third kappa shape index (κ3) is 4.03. The fourth-order valence-electron chi connectivity index (χ4n) is 7.40. The molecule has 7 aromatic carbocycles. The molecule has 4 heteroatoms. The van der Waals surface area contributed by atoms with Gasteiger partial charge in [0.15, 0.2) is 5.82 Å². The lowest BCUT2D eigenvalue weighted by atomic mass is 9.99. The Morgan fingerprint density at radius 2 is 1.12 bits per heavy atom. The summed E-state index contributed by atoms with van der Waals surface area (Å²) in [6.07, 6.45) is 2.18. The summed E-state index contributed by atoms with van der Waals surface area (Å²) in [5, 5.41) is 7.14. The molecule has 0 saturated carbocycles. The Bertz CT molecular complexity index is 2840. The van der Waals surface area contributed by atoms with Gasteiger partial charge in [0.1, 0.15) is 0 Å². The molecular formula is C44H28N4. The summed E-state index contributed by atoms with van der Waals surface area (Å²) in [7, 11) is 0. The summed E-state index contributed by atoms with van der Waals surface area (Å²) >= 11 is 0. The number of para-hydroxylation sites is 3. The molecule has 0 amide bonds. The lowest BCUT2D eigenvalue weighted by molar-refractivity contribution is 1.13. The first-order valence-corrected chi connectivity index (χ1v) is 16.3. The Balaban J connectivity index is 1.18. The molecule has 48 heavy (non-hydrogen) atoms. The van der Waals surface area contributed by atoms with Crippen LogP contribution in [0.3, 0.4) is 0 Å². The average Bonchev–Trinajstić information content (AvgIpc) is 3.74. The van der Waals surface area contributed by atoms with Crippen molar-refractivity contribution in [3.63, 3.8) is 0 Å². The molecule has 0 aliphatic heterocycles. The second-order valence-corrected chi connectivity index (χ2v) is 12.3. The first kappa shape index (κ1) is 26.7. The summed E-state index contributed by atoms with van der Waals surface area (Å²) in [5.74, 6) is 0.710. The molecule has 3 heterocycles. The highest BCUT2D eigenvalue weighted by Gasteiger charge is 2.18. The van der Waals surface area contributed by atoms with Crippen molar-refractivity contribution in [3.8, 4) is 34.0 Å². The summed E-state index contributed by atoms with van der Waals surface area (Å²) in [6, 6.07) is 57.9. The summed E-state index contributed by atoms with van der Waals surface area (Å²) < 4.78 is 4.65. The van der Waals surface area contributed by atoms with E-state index in [9.17, 15) is 0 Å². The van der Waals surface area contributed by atoms with E-state index in [1.54, 1.807) is 0 Å². The largest absolute Gasteiger partial charge is 0.317 e. The standard InChI is InChI=1S/C44H28N4/c1-2-15-31(16-3-1)47-27-26-37-39(47)24-25-41-42(37)36-20-7-9-23-40(36)48(41)32-17-10-14-30(28-32)44-45-38-22-8-6-19-35(38)43(46-44)34-21-11-13-29-12-4-5-18-33(29)34/h1-28H. The Hall–Kier alpha value is -6.52. The highest BCUT2D eigenvalue weighted by atomic mass is 15.0. The van der Waals surface area contributed by atoms with E-state index in [1.807, 2.05) is 6.07 Å². The fraction of sp³-hybridized carbons (Fsp3) is 0. The smallest absolute Gasteiger partial charge is 0.160 e. The molecule has 0 aliphatic carbocycles. The van der Waals surface area contributed by atoms with Gasteiger partial charge in [-0.25, -0.2) is 9.97 Å². The lowest BCUT2D eigenvalue weighted by Crippen LogP contribution is -1.98. The Morgan fingerprint density at radius 1 is 0.438 bits per heavy atom. The average molecular weight is 613 g/mol. The number of aromatic nitrogens is 4. The van der Waals surface area contributed by atoms with Gasteiger partial charge in [0, 0.05) is 50.2 Å². The van der Waals surface area contributed by atoms with Crippen LogP contribution in [0.25, 0.3) is 88.4 Å². The van der Waals surface area contributed by atoms with Gasteiger partial charge in [0.2, 0.25) is 0 Å². The van der Waals surface area contributed by atoms with Crippen molar-refractivity contribution in [2.45, 2.75) is 0 Å². The molecular weight excluding hydrogens is 585 g/mol. The molecule has 224 valence electrons. The van der Waals surface area contributed by atoms with E-state index < -0.39 is 0 Å². The second kappa shape index (κ2) is 10.5. The number of nitrogens with zero attached hydrogens (tertiary/aromatic N) is 4. The highest BCUT2D eigenvalue weighted by Crippen LogP contribution is 2.39. The van der Waals surface area contributed by atoms with Gasteiger partial charge in [-0.1, -0.05) is 109 Å². The van der Waals surface area contributed by atoms with Gasteiger partial charge in [-0.15, -0.1) is 0 Å². The zero-order valence-electron chi connectivity index (χ0n) is 26.0. The molecule has 0 N–H and O–H groups in total. The number of hydrogen-bond donors (Lipinski definition) is 0. The van der Waals surface area contributed by atoms with E-state index in [0.717, 1.165) is 39.1 Å². The zero-order chi connectivity index (χ0) is 31.6. The SMILES string of the molecule is c1ccc(-n2ccc3c4c5ccccc5n(-c5cccc(-c6nc(-c7cccc8ccccc78)c7ccccc7n6)c5)c4ccc32)cc1. The number of rotatable bonds is 4. The van der Waals surface area contributed by atoms with E-state index >= 15 is 0 Å². The molecule has 0 aliphatic rings. The number of benzene rings is 7. The maximum atomic E-state index is 5.29. The summed E-state index contributed by atoms with van der Waals surface area (Å²) in [4.78, 5) is 10.4. The van der Waals surface area contributed by atoms with Crippen LogP contribution in [0.15, 0.2) is 170 Å². The lowest BCUT2D eigenvalue weighted by Gasteiger charge is -2.13. The fourth-order valence-corrected chi connectivity index (χ4v) is 7.40. The van der Waals surface area contributed by atoms with Crippen molar-refractivity contribution >= 4 is 54.4 Å².